The minimum atomic E-state index is -3.17. The van der Waals surface area contributed by atoms with E-state index in [9.17, 15) is 4.79 Å². The summed E-state index contributed by atoms with van der Waals surface area (Å²) in [4.78, 5) is 19.5. The van der Waals surface area contributed by atoms with Crippen molar-refractivity contribution < 1.29 is 14.2 Å². The zero-order chi connectivity index (χ0) is 8.91. The molecule has 1 atom stereocenters. The number of carbonyl (C=O) groups is 1. The fourth-order valence-corrected chi connectivity index (χ4v) is 1.61. The van der Waals surface area contributed by atoms with Crippen LogP contribution in [0, 0.1) is 12.3 Å². The van der Waals surface area contributed by atoms with Crippen LogP contribution in [-0.4, -0.2) is 17.4 Å². The van der Waals surface area contributed by atoms with Gasteiger partial charge in [-0.1, -0.05) is 5.92 Å². The highest BCUT2D eigenvalue weighted by molar-refractivity contribution is 8.08. The minimum absolute atomic E-state index is 0.103. The first-order valence-electron chi connectivity index (χ1n) is 2.67. The van der Waals surface area contributed by atoms with Crippen molar-refractivity contribution in [1.29, 1.82) is 0 Å². The molecule has 0 saturated carbocycles. The van der Waals surface area contributed by atoms with Gasteiger partial charge in [-0.3, -0.25) is 9.88 Å². The molecule has 11 heavy (non-hydrogen) atoms. The Morgan fingerprint density at radius 1 is 2.00 bits per heavy atom. The molecule has 0 aromatic carbocycles. The predicted molar refractivity (Wildman–Crippen MR) is 45.1 cm³/mol. The van der Waals surface area contributed by atoms with Crippen molar-refractivity contribution in [3.8, 4) is 12.3 Å². The van der Waals surface area contributed by atoms with Crippen LogP contribution in [0.15, 0.2) is 0 Å². The summed E-state index contributed by atoms with van der Waals surface area (Å²) in [5, 5.41) is 2.08. The standard InChI is InChI=1S/C5H8NO3PS/c1-3-4-9-10(8,11)6-5(2)7/h1H,4H2,2H3,(H2,6,7,8,11). The maximum absolute atomic E-state index is 10.4. The maximum atomic E-state index is 10.4. The van der Waals surface area contributed by atoms with E-state index in [1.54, 1.807) is 0 Å². The lowest BCUT2D eigenvalue weighted by atomic mass is 10.8. The Hall–Kier alpha value is -0.400. The van der Waals surface area contributed by atoms with E-state index in [4.69, 9.17) is 11.3 Å². The largest absolute Gasteiger partial charge is 0.329 e. The van der Waals surface area contributed by atoms with E-state index < -0.39 is 12.5 Å². The summed E-state index contributed by atoms with van der Waals surface area (Å²) >= 11 is 4.50. The van der Waals surface area contributed by atoms with Gasteiger partial charge in [-0.05, 0) is 11.8 Å². The van der Waals surface area contributed by atoms with Gasteiger partial charge in [-0.25, -0.2) is 0 Å². The summed E-state index contributed by atoms with van der Waals surface area (Å²) in [6, 6.07) is 0. The molecule has 1 amide bonds. The van der Waals surface area contributed by atoms with Gasteiger partial charge < -0.3 is 9.42 Å². The van der Waals surface area contributed by atoms with Crippen molar-refractivity contribution in [2.75, 3.05) is 6.61 Å². The third-order valence-electron chi connectivity index (χ3n) is 0.622. The highest BCUT2D eigenvalue weighted by Gasteiger charge is 2.13. The Morgan fingerprint density at radius 3 is 2.91 bits per heavy atom. The molecule has 0 rings (SSSR count). The molecule has 6 heteroatoms. The molecule has 0 aromatic heterocycles. The highest BCUT2D eigenvalue weighted by atomic mass is 32.5. The number of hydrogen-bond acceptors (Lipinski definition) is 3. The van der Waals surface area contributed by atoms with Crippen molar-refractivity contribution in [1.82, 2.24) is 5.09 Å². The third-order valence-corrected chi connectivity index (χ3v) is 2.29. The van der Waals surface area contributed by atoms with E-state index in [0.717, 1.165) is 0 Å². The Kier molecular flexibility index (Phi) is 4.31. The maximum Gasteiger partial charge on any atom is 0.287 e. The summed E-state index contributed by atoms with van der Waals surface area (Å²) < 4.78 is 4.60. The number of rotatable bonds is 3. The van der Waals surface area contributed by atoms with Crippen LogP contribution in [0.3, 0.4) is 0 Å². The molecule has 0 aliphatic carbocycles. The average Bonchev–Trinajstić information content (AvgIpc) is 1.81. The topological polar surface area (TPSA) is 58.6 Å². The second-order valence-electron chi connectivity index (χ2n) is 1.67. The van der Waals surface area contributed by atoms with Crippen molar-refractivity contribution >= 4 is 24.4 Å². The predicted octanol–water partition coefficient (Wildman–Crippen LogP) is -0.0109. The summed E-state index contributed by atoms with van der Waals surface area (Å²) in [5.74, 6) is 1.69. The van der Waals surface area contributed by atoms with Crippen molar-refractivity contribution in [3.63, 3.8) is 0 Å². The van der Waals surface area contributed by atoms with Crippen LogP contribution >= 0.6 is 6.64 Å². The zero-order valence-electron chi connectivity index (χ0n) is 5.90. The molecule has 62 valence electrons. The molecule has 0 aromatic rings. The molecule has 0 fully saturated rings. The molecular weight excluding hydrogens is 185 g/mol. The second-order valence-corrected chi connectivity index (χ2v) is 4.67. The van der Waals surface area contributed by atoms with Crippen molar-refractivity contribution in [2.24, 2.45) is 0 Å². The van der Waals surface area contributed by atoms with E-state index in [-0.39, 0.29) is 6.61 Å². The molecular formula is C5H8NO3PS. The van der Waals surface area contributed by atoms with Crippen molar-refractivity contribution in [3.05, 3.63) is 0 Å². The SMILES string of the molecule is C#CCOP(O)(=S)NC(C)=O. The van der Waals surface area contributed by atoms with Crippen LogP contribution in [0.2, 0.25) is 0 Å². The lowest BCUT2D eigenvalue weighted by Crippen LogP contribution is -2.17. The first-order valence-corrected chi connectivity index (χ1v) is 5.35. The quantitative estimate of drug-likeness (QED) is 0.489. The van der Waals surface area contributed by atoms with Gasteiger partial charge in [0.15, 0.2) is 0 Å². The van der Waals surface area contributed by atoms with Gasteiger partial charge in [-0.15, -0.1) is 6.42 Å². The van der Waals surface area contributed by atoms with Gasteiger partial charge in [-0.2, -0.15) is 0 Å². The average molecular weight is 193 g/mol. The Balaban J connectivity index is 3.93. The smallest absolute Gasteiger partial charge is 0.287 e. The van der Waals surface area contributed by atoms with Crippen LogP contribution in [0.5, 0.6) is 0 Å². The van der Waals surface area contributed by atoms with Gasteiger partial charge in [0.2, 0.25) is 5.91 Å². The van der Waals surface area contributed by atoms with Crippen LogP contribution in [-0.2, 0) is 21.1 Å². The highest BCUT2D eigenvalue weighted by Crippen LogP contribution is 2.36. The number of hydrogen-bond donors (Lipinski definition) is 2. The van der Waals surface area contributed by atoms with Gasteiger partial charge in [0.25, 0.3) is 6.64 Å². The number of amides is 1. The molecule has 0 heterocycles. The Labute approximate surface area is 70.2 Å². The lowest BCUT2D eigenvalue weighted by Gasteiger charge is -2.13. The van der Waals surface area contributed by atoms with Gasteiger partial charge >= 0.3 is 0 Å². The van der Waals surface area contributed by atoms with Gasteiger partial charge in [0, 0.05) is 6.92 Å². The Morgan fingerprint density at radius 2 is 2.55 bits per heavy atom. The Bertz CT molecular complexity index is 234. The first-order chi connectivity index (χ1) is 4.98. The van der Waals surface area contributed by atoms with Crippen LogP contribution < -0.4 is 5.09 Å². The monoisotopic (exact) mass is 193 g/mol. The molecule has 0 radical (unpaired) electrons. The number of nitrogens with one attached hydrogen (secondary N) is 1. The molecule has 2 N–H and O–H groups in total. The molecule has 4 nitrogen and oxygen atoms in total. The van der Waals surface area contributed by atoms with Gasteiger partial charge in [0.1, 0.15) is 6.61 Å². The molecule has 1 unspecified atom stereocenters. The molecule has 0 bridgehead atoms. The normalized spacial score (nSPS) is 14.6. The van der Waals surface area contributed by atoms with E-state index in [0.29, 0.717) is 0 Å². The van der Waals surface area contributed by atoms with Crippen LogP contribution in [0.25, 0.3) is 0 Å². The first kappa shape index (κ1) is 10.6. The molecule has 0 spiro atoms. The van der Waals surface area contributed by atoms with E-state index in [2.05, 4.69) is 27.3 Å². The summed E-state index contributed by atoms with van der Waals surface area (Å²) in [6.45, 7) is -2.04. The number of terminal acetylenes is 1. The number of carbonyl (C=O) groups excluding carboxylic acids is 1. The lowest BCUT2D eigenvalue weighted by molar-refractivity contribution is -0.117. The van der Waals surface area contributed by atoms with Gasteiger partial charge in [0.05, 0.1) is 0 Å². The van der Waals surface area contributed by atoms with E-state index in [1.807, 2.05) is 0 Å². The second kappa shape index (κ2) is 4.47. The van der Waals surface area contributed by atoms with Crippen LogP contribution in [0.1, 0.15) is 6.92 Å². The van der Waals surface area contributed by atoms with Crippen LogP contribution in [0.4, 0.5) is 0 Å². The van der Waals surface area contributed by atoms with Crippen molar-refractivity contribution in [2.45, 2.75) is 6.92 Å². The summed E-state index contributed by atoms with van der Waals surface area (Å²) in [6.07, 6.45) is 4.84. The minimum Gasteiger partial charge on any atom is -0.329 e. The fourth-order valence-electron chi connectivity index (χ4n) is 0.356. The zero-order valence-corrected chi connectivity index (χ0v) is 7.61. The molecule has 0 saturated heterocycles. The molecule has 0 aliphatic heterocycles. The fraction of sp³-hybridized carbons (Fsp3) is 0.400. The third kappa shape index (κ3) is 6.02. The summed E-state index contributed by atoms with van der Waals surface area (Å²) in [5.41, 5.74) is 0. The molecule has 0 aliphatic rings. The van der Waals surface area contributed by atoms with E-state index in [1.165, 1.54) is 6.92 Å². The summed E-state index contributed by atoms with van der Waals surface area (Å²) in [7, 11) is 0. The van der Waals surface area contributed by atoms with E-state index >= 15 is 0 Å².